The van der Waals surface area contributed by atoms with Crippen LogP contribution >= 0.6 is 0 Å². The number of hydrogen-bond acceptors (Lipinski definition) is 2. The van der Waals surface area contributed by atoms with Gasteiger partial charge in [-0.05, 0) is 19.3 Å². The molecule has 1 aromatic heterocycles. The second kappa shape index (κ2) is 5.27. The maximum absolute atomic E-state index is 6.15. The molecule has 0 spiro atoms. The van der Waals surface area contributed by atoms with Crippen molar-refractivity contribution in [2.45, 2.75) is 57.9 Å². The summed E-state index contributed by atoms with van der Waals surface area (Å²) >= 11 is 0. The summed E-state index contributed by atoms with van der Waals surface area (Å²) in [6, 6.07) is 0. The van der Waals surface area contributed by atoms with Crippen LogP contribution < -0.4 is 5.73 Å². The molecule has 1 aliphatic rings. The van der Waals surface area contributed by atoms with Crippen LogP contribution in [0.4, 0.5) is 5.82 Å². The molecule has 2 rings (SSSR count). The molecule has 2 N–H and O–H groups in total. The van der Waals surface area contributed by atoms with E-state index in [0.717, 1.165) is 30.2 Å². The van der Waals surface area contributed by atoms with Gasteiger partial charge in [0.2, 0.25) is 0 Å². The molecule has 0 atom stereocenters. The minimum absolute atomic E-state index is 0.550. The third-order valence-corrected chi connectivity index (χ3v) is 3.57. The Bertz CT molecular complexity index is 419. The molecule has 1 aliphatic carbocycles. The molecule has 1 fully saturated rings. The van der Waals surface area contributed by atoms with Crippen LogP contribution in [0, 0.1) is 12.3 Å². The van der Waals surface area contributed by atoms with Crippen LogP contribution in [0.3, 0.4) is 0 Å². The highest BCUT2D eigenvalue weighted by Crippen LogP contribution is 2.35. The topological polar surface area (TPSA) is 43.8 Å². The van der Waals surface area contributed by atoms with Gasteiger partial charge in [-0.1, -0.05) is 32.1 Å². The number of imidazole rings is 1. The van der Waals surface area contributed by atoms with Gasteiger partial charge in [-0.2, -0.15) is 0 Å². The normalized spacial score (nSPS) is 16.2. The number of anilines is 1. The molecule has 1 saturated carbocycles. The Hall–Kier alpha value is -1.43. The summed E-state index contributed by atoms with van der Waals surface area (Å²) in [6.07, 6.45) is 12.5. The molecule has 0 unspecified atom stereocenters. The van der Waals surface area contributed by atoms with Crippen LogP contribution in [0.1, 0.15) is 56.5 Å². The third kappa shape index (κ3) is 2.31. The molecule has 0 aromatic carbocycles. The van der Waals surface area contributed by atoms with E-state index in [-0.39, 0.29) is 0 Å². The lowest BCUT2D eigenvalue weighted by Gasteiger charge is -2.11. The molecular weight excluding hydrogens is 210 g/mol. The summed E-state index contributed by atoms with van der Waals surface area (Å²) in [5.74, 6) is 5.16. The van der Waals surface area contributed by atoms with Crippen LogP contribution in [0.15, 0.2) is 0 Å². The van der Waals surface area contributed by atoms with Gasteiger partial charge in [0.1, 0.15) is 11.6 Å². The number of nitrogen functional groups attached to an aromatic ring is 1. The quantitative estimate of drug-likeness (QED) is 0.810. The predicted octanol–water partition coefficient (Wildman–Crippen LogP) is 2.71. The lowest BCUT2D eigenvalue weighted by Crippen LogP contribution is -2.09. The molecule has 1 aromatic rings. The standard InChI is InChI=1S/C14H21N3/c1-3-7-12-13(15)17(10-4-2)14(16-12)11-8-5-6-9-11/h2,11H,3,5-10,15H2,1H3. The van der Waals surface area contributed by atoms with Crippen LogP contribution in [-0.2, 0) is 13.0 Å². The zero-order valence-electron chi connectivity index (χ0n) is 10.6. The average molecular weight is 231 g/mol. The second-order valence-electron chi connectivity index (χ2n) is 4.82. The minimum Gasteiger partial charge on any atom is -0.384 e. The Morgan fingerprint density at radius 1 is 1.47 bits per heavy atom. The van der Waals surface area contributed by atoms with Crippen molar-refractivity contribution in [1.29, 1.82) is 0 Å². The molecule has 0 bridgehead atoms. The van der Waals surface area contributed by atoms with Crippen molar-refractivity contribution >= 4 is 5.82 Å². The van der Waals surface area contributed by atoms with Crippen molar-refractivity contribution < 1.29 is 0 Å². The lowest BCUT2D eigenvalue weighted by molar-refractivity contribution is 0.621. The number of terminal acetylenes is 1. The van der Waals surface area contributed by atoms with Gasteiger partial charge in [0.15, 0.2) is 0 Å². The largest absolute Gasteiger partial charge is 0.384 e. The van der Waals surface area contributed by atoms with Crippen molar-refractivity contribution in [3.8, 4) is 12.3 Å². The third-order valence-electron chi connectivity index (χ3n) is 3.57. The minimum atomic E-state index is 0.550. The molecule has 3 nitrogen and oxygen atoms in total. The number of hydrogen-bond donors (Lipinski definition) is 1. The zero-order valence-corrected chi connectivity index (χ0v) is 10.6. The average Bonchev–Trinajstić information content (AvgIpc) is 2.92. The van der Waals surface area contributed by atoms with Gasteiger partial charge in [-0.3, -0.25) is 0 Å². The molecule has 17 heavy (non-hydrogen) atoms. The Kier molecular flexibility index (Phi) is 3.73. The highest BCUT2D eigenvalue weighted by molar-refractivity contribution is 5.40. The summed E-state index contributed by atoms with van der Waals surface area (Å²) in [4.78, 5) is 4.74. The van der Waals surface area contributed by atoms with Crippen LogP contribution in [-0.4, -0.2) is 9.55 Å². The van der Waals surface area contributed by atoms with E-state index >= 15 is 0 Å². The Morgan fingerprint density at radius 3 is 2.76 bits per heavy atom. The first-order valence-corrected chi connectivity index (χ1v) is 6.56. The van der Waals surface area contributed by atoms with Crippen molar-refractivity contribution in [2.75, 3.05) is 5.73 Å². The summed E-state index contributed by atoms with van der Waals surface area (Å²) in [6.45, 7) is 2.70. The number of nitrogens with two attached hydrogens (primary N) is 1. The van der Waals surface area contributed by atoms with Gasteiger partial charge in [0, 0.05) is 5.92 Å². The molecule has 0 amide bonds. The van der Waals surface area contributed by atoms with Crippen molar-refractivity contribution in [1.82, 2.24) is 9.55 Å². The van der Waals surface area contributed by atoms with Crippen LogP contribution in [0.2, 0.25) is 0 Å². The summed E-state index contributed by atoms with van der Waals surface area (Å²) in [5.41, 5.74) is 7.18. The molecule has 0 saturated heterocycles. The number of aryl methyl sites for hydroxylation is 1. The highest BCUT2D eigenvalue weighted by atomic mass is 15.1. The Morgan fingerprint density at radius 2 is 2.18 bits per heavy atom. The number of nitrogens with zero attached hydrogens (tertiary/aromatic N) is 2. The number of rotatable bonds is 4. The lowest BCUT2D eigenvalue weighted by atomic mass is 10.1. The fourth-order valence-electron chi connectivity index (χ4n) is 2.71. The molecule has 0 radical (unpaired) electrons. The first kappa shape index (κ1) is 12.0. The Balaban J connectivity index is 2.34. The second-order valence-corrected chi connectivity index (χ2v) is 4.82. The first-order valence-electron chi connectivity index (χ1n) is 6.56. The summed E-state index contributed by atoms with van der Waals surface area (Å²) < 4.78 is 2.04. The monoisotopic (exact) mass is 231 g/mol. The molecule has 0 aliphatic heterocycles. The summed E-state index contributed by atoms with van der Waals surface area (Å²) in [5, 5.41) is 0. The maximum atomic E-state index is 6.15. The fraction of sp³-hybridized carbons (Fsp3) is 0.643. The molecular formula is C14H21N3. The molecule has 3 heteroatoms. The smallest absolute Gasteiger partial charge is 0.127 e. The van der Waals surface area contributed by atoms with E-state index in [1.54, 1.807) is 0 Å². The molecule has 1 heterocycles. The van der Waals surface area contributed by atoms with E-state index in [0.29, 0.717) is 12.5 Å². The van der Waals surface area contributed by atoms with E-state index in [4.69, 9.17) is 17.1 Å². The van der Waals surface area contributed by atoms with Gasteiger partial charge in [-0.25, -0.2) is 4.98 Å². The van der Waals surface area contributed by atoms with Crippen LogP contribution in [0.25, 0.3) is 0 Å². The summed E-state index contributed by atoms with van der Waals surface area (Å²) in [7, 11) is 0. The molecule has 92 valence electrons. The zero-order chi connectivity index (χ0) is 12.3. The van der Waals surface area contributed by atoms with Gasteiger partial charge in [0.25, 0.3) is 0 Å². The van der Waals surface area contributed by atoms with Gasteiger partial charge in [-0.15, -0.1) is 6.42 Å². The van der Waals surface area contributed by atoms with Crippen molar-refractivity contribution in [2.24, 2.45) is 0 Å². The maximum Gasteiger partial charge on any atom is 0.127 e. The number of aromatic nitrogens is 2. The van der Waals surface area contributed by atoms with E-state index in [2.05, 4.69) is 12.8 Å². The van der Waals surface area contributed by atoms with Gasteiger partial charge in [0.05, 0.1) is 12.2 Å². The predicted molar refractivity (Wildman–Crippen MR) is 70.7 cm³/mol. The van der Waals surface area contributed by atoms with E-state index in [9.17, 15) is 0 Å². The SMILES string of the molecule is C#CCn1c(C2CCCC2)nc(CCC)c1N. The van der Waals surface area contributed by atoms with Crippen LogP contribution in [0.5, 0.6) is 0 Å². The van der Waals surface area contributed by atoms with Crippen molar-refractivity contribution in [3.05, 3.63) is 11.5 Å². The fourth-order valence-corrected chi connectivity index (χ4v) is 2.71. The Labute approximate surface area is 103 Å². The van der Waals surface area contributed by atoms with Gasteiger partial charge >= 0.3 is 0 Å². The van der Waals surface area contributed by atoms with E-state index in [1.807, 2.05) is 4.57 Å². The van der Waals surface area contributed by atoms with Gasteiger partial charge < -0.3 is 10.3 Å². The van der Waals surface area contributed by atoms with Crippen molar-refractivity contribution in [3.63, 3.8) is 0 Å². The first-order chi connectivity index (χ1) is 8.27. The highest BCUT2D eigenvalue weighted by Gasteiger charge is 2.24. The van der Waals surface area contributed by atoms with E-state index in [1.165, 1.54) is 25.7 Å². The van der Waals surface area contributed by atoms with E-state index < -0.39 is 0 Å².